The molecular formula is C3H9AlO3-3. The first-order chi connectivity index (χ1) is 3.00. The Bertz CT molecular complexity index is 10.1. The summed E-state index contributed by atoms with van der Waals surface area (Å²) in [6, 6.07) is 0. The van der Waals surface area contributed by atoms with Crippen LogP contribution in [0, 0.1) is 0 Å². The van der Waals surface area contributed by atoms with Crippen LogP contribution in [0.4, 0.5) is 0 Å². The van der Waals surface area contributed by atoms with Crippen molar-refractivity contribution >= 4 is 17.4 Å². The van der Waals surface area contributed by atoms with Gasteiger partial charge in [0.25, 0.3) is 0 Å². The van der Waals surface area contributed by atoms with Gasteiger partial charge in [0.1, 0.15) is 0 Å². The van der Waals surface area contributed by atoms with E-state index in [9.17, 15) is 0 Å². The first-order valence-corrected chi connectivity index (χ1v) is 1.22. The lowest BCUT2D eigenvalue weighted by atomic mass is 11.8. The molecule has 3 nitrogen and oxygen atoms in total. The third kappa shape index (κ3) is 734. The Balaban J connectivity index is -0.00000000900. The molecule has 0 spiro atoms. The second-order valence-electron chi connectivity index (χ2n) is 0. The number of hydrogen-bond donors (Lipinski definition) is 0. The van der Waals surface area contributed by atoms with Gasteiger partial charge in [-0.25, -0.2) is 0 Å². The SMILES string of the molecule is C[O-].C[O-].C[O-].[Al]. The van der Waals surface area contributed by atoms with Gasteiger partial charge in [0, 0.05) is 17.4 Å². The third-order valence-electron chi connectivity index (χ3n) is 0. The van der Waals surface area contributed by atoms with Gasteiger partial charge in [0.15, 0.2) is 0 Å². The first-order valence-electron chi connectivity index (χ1n) is 1.22. The van der Waals surface area contributed by atoms with Gasteiger partial charge in [-0.15, -0.1) is 0 Å². The van der Waals surface area contributed by atoms with Crippen molar-refractivity contribution < 1.29 is 15.3 Å². The van der Waals surface area contributed by atoms with Crippen molar-refractivity contribution in [2.45, 2.75) is 0 Å². The molecule has 0 N–H and O–H groups in total. The molecule has 0 aliphatic carbocycles. The lowest BCUT2D eigenvalue weighted by Crippen LogP contribution is -1.81. The van der Waals surface area contributed by atoms with Crippen LogP contribution >= 0.6 is 0 Å². The zero-order valence-electron chi connectivity index (χ0n) is 4.80. The fourth-order valence-electron chi connectivity index (χ4n) is 0. The Morgan fingerprint density at radius 3 is 0.571 bits per heavy atom. The van der Waals surface area contributed by atoms with Crippen molar-refractivity contribution in [3.8, 4) is 0 Å². The zero-order chi connectivity index (χ0) is 6.00. The highest BCUT2D eigenvalue weighted by Crippen LogP contribution is 0.422. The summed E-state index contributed by atoms with van der Waals surface area (Å²) in [5.74, 6) is 0. The average molecular weight is 120 g/mol. The predicted molar refractivity (Wildman–Crippen MR) is 23.5 cm³/mol. The summed E-state index contributed by atoms with van der Waals surface area (Å²) >= 11 is 0. The lowest BCUT2D eigenvalue weighted by molar-refractivity contribution is -0.325. The molecule has 0 fully saturated rings. The van der Waals surface area contributed by atoms with E-state index in [-0.39, 0.29) is 17.4 Å². The van der Waals surface area contributed by atoms with Crippen LogP contribution in [0.1, 0.15) is 0 Å². The van der Waals surface area contributed by atoms with Gasteiger partial charge >= 0.3 is 0 Å². The molecule has 0 aromatic carbocycles. The van der Waals surface area contributed by atoms with E-state index in [2.05, 4.69) is 0 Å². The van der Waals surface area contributed by atoms with Crippen LogP contribution in [0.15, 0.2) is 0 Å². The predicted octanol–water partition coefficient (Wildman–Crippen LogP) is -3.45. The Morgan fingerprint density at radius 1 is 0.571 bits per heavy atom. The van der Waals surface area contributed by atoms with Crippen LogP contribution in [0.3, 0.4) is 0 Å². The molecule has 0 aliphatic rings. The highest BCUT2D eigenvalue weighted by Gasteiger charge is 0.559. The van der Waals surface area contributed by atoms with Gasteiger partial charge in [-0.05, 0) is 0 Å². The van der Waals surface area contributed by atoms with Gasteiger partial charge < -0.3 is 15.3 Å². The molecule has 0 heterocycles. The Morgan fingerprint density at radius 2 is 0.571 bits per heavy atom. The maximum atomic E-state index is 8.25. The minimum Gasteiger partial charge on any atom is -0.857 e. The summed E-state index contributed by atoms with van der Waals surface area (Å²) in [6.45, 7) is 0. The van der Waals surface area contributed by atoms with E-state index in [4.69, 9.17) is 15.3 Å². The Kier molecular flexibility index (Phi) is 4130. The van der Waals surface area contributed by atoms with Crippen LogP contribution in [0.2, 0.25) is 0 Å². The minimum atomic E-state index is 0. The number of rotatable bonds is 0. The monoisotopic (exact) mass is 120 g/mol. The van der Waals surface area contributed by atoms with Crippen molar-refractivity contribution in [1.29, 1.82) is 0 Å². The fraction of sp³-hybridized carbons (Fsp3) is 1.00. The molecule has 0 unspecified atom stereocenters. The summed E-state index contributed by atoms with van der Waals surface area (Å²) in [5, 5.41) is 24.8. The highest BCUT2D eigenvalue weighted by atomic mass is 27.0. The summed E-state index contributed by atoms with van der Waals surface area (Å²) in [7, 11) is 2.25. The van der Waals surface area contributed by atoms with Gasteiger partial charge in [-0.1, -0.05) is 0 Å². The Labute approximate surface area is 54.7 Å². The lowest BCUT2D eigenvalue weighted by Gasteiger charge is -1.57. The quantitative estimate of drug-likeness (QED) is 0.312. The summed E-state index contributed by atoms with van der Waals surface area (Å²) in [4.78, 5) is 0. The standard InChI is InChI=1S/3CH3O.Al/c3*1-2;/h3*1H3;/q3*-1;. The molecule has 0 rings (SSSR count). The minimum absolute atomic E-state index is 0. The van der Waals surface area contributed by atoms with Gasteiger partial charge in [-0.2, -0.15) is 21.3 Å². The van der Waals surface area contributed by atoms with Crippen molar-refractivity contribution in [2.75, 3.05) is 21.3 Å². The maximum absolute atomic E-state index is 8.25. The van der Waals surface area contributed by atoms with Crippen LogP contribution in [-0.4, -0.2) is 38.7 Å². The molecule has 0 bridgehead atoms. The molecule has 0 aromatic heterocycles. The molecule has 0 amide bonds. The van der Waals surface area contributed by atoms with E-state index < -0.39 is 0 Å². The second-order valence-corrected chi connectivity index (χ2v) is 0. The van der Waals surface area contributed by atoms with E-state index in [0.717, 1.165) is 21.3 Å². The maximum Gasteiger partial charge on any atom is 0 e. The van der Waals surface area contributed by atoms with Crippen LogP contribution in [0.25, 0.3) is 0 Å². The van der Waals surface area contributed by atoms with Gasteiger partial charge in [-0.3, -0.25) is 0 Å². The largest absolute Gasteiger partial charge is 0.857 e. The molecule has 0 aromatic rings. The molecule has 3 radical (unpaired) electrons. The molecule has 4 heteroatoms. The zero-order valence-corrected chi connectivity index (χ0v) is 5.96. The van der Waals surface area contributed by atoms with E-state index in [1.807, 2.05) is 0 Å². The molecular weight excluding hydrogens is 111 g/mol. The Hall–Kier alpha value is 0.412. The molecule has 0 aliphatic heterocycles. The highest BCUT2D eigenvalue weighted by molar-refractivity contribution is 5.75. The summed E-state index contributed by atoms with van der Waals surface area (Å²) < 4.78 is 0. The van der Waals surface area contributed by atoms with Crippen molar-refractivity contribution in [3.63, 3.8) is 0 Å². The molecule has 7 heavy (non-hydrogen) atoms. The number of hydrogen-bond acceptors (Lipinski definition) is 3. The summed E-state index contributed by atoms with van der Waals surface area (Å²) in [6.07, 6.45) is 0. The van der Waals surface area contributed by atoms with Crippen molar-refractivity contribution in [3.05, 3.63) is 0 Å². The van der Waals surface area contributed by atoms with Gasteiger partial charge in [0.2, 0.25) is 0 Å². The summed E-state index contributed by atoms with van der Waals surface area (Å²) in [5.41, 5.74) is 0. The fourth-order valence-corrected chi connectivity index (χ4v) is 0. The molecule has 0 saturated heterocycles. The first kappa shape index (κ1) is 26.2. The third-order valence-corrected chi connectivity index (χ3v) is 0. The van der Waals surface area contributed by atoms with E-state index in [1.165, 1.54) is 0 Å². The normalized spacial score (nSPS) is 2.57. The van der Waals surface area contributed by atoms with Crippen LogP contribution < -0.4 is 15.3 Å². The molecule has 45 valence electrons. The van der Waals surface area contributed by atoms with Crippen molar-refractivity contribution in [1.82, 2.24) is 0 Å². The van der Waals surface area contributed by atoms with Crippen LogP contribution in [-0.2, 0) is 0 Å². The van der Waals surface area contributed by atoms with E-state index >= 15 is 0 Å². The van der Waals surface area contributed by atoms with Crippen LogP contribution in [0.5, 0.6) is 0 Å². The second kappa shape index (κ2) is 1100. The van der Waals surface area contributed by atoms with E-state index in [1.54, 1.807) is 0 Å². The average Bonchev–Trinajstić information content (AvgIpc) is 1.81. The molecule has 0 saturated carbocycles. The van der Waals surface area contributed by atoms with E-state index in [0.29, 0.717) is 0 Å². The van der Waals surface area contributed by atoms with Crippen molar-refractivity contribution in [2.24, 2.45) is 0 Å². The van der Waals surface area contributed by atoms with Gasteiger partial charge in [0.05, 0.1) is 0 Å². The topological polar surface area (TPSA) is 69.2 Å². The molecule has 0 atom stereocenters. The smallest absolute Gasteiger partial charge is 0 e.